The van der Waals surface area contributed by atoms with E-state index in [-0.39, 0.29) is 17.4 Å². The molecule has 1 atom stereocenters. The van der Waals surface area contributed by atoms with E-state index in [0.29, 0.717) is 12.2 Å². The van der Waals surface area contributed by atoms with Gasteiger partial charge in [0, 0.05) is 11.6 Å². The zero-order valence-corrected chi connectivity index (χ0v) is 18.4. The molecule has 0 radical (unpaired) electrons. The molecule has 1 amide bonds. The first-order valence-corrected chi connectivity index (χ1v) is 11.0. The number of rotatable bonds is 5. The predicted octanol–water partition coefficient (Wildman–Crippen LogP) is 5.07. The zero-order chi connectivity index (χ0) is 22.1. The van der Waals surface area contributed by atoms with E-state index < -0.39 is 17.7 Å². The summed E-state index contributed by atoms with van der Waals surface area (Å²) in [5.41, 5.74) is 3.46. The summed E-state index contributed by atoms with van der Waals surface area (Å²) in [7, 11) is 0. The number of ether oxygens (including phenoxy) is 1. The lowest BCUT2D eigenvalue weighted by Crippen LogP contribution is -2.37. The van der Waals surface area contributed by atoms with Gasteiger partial charge >= 0.3 is 0 Å². The Hall–Kier alpha value is -3.08. The Bertz CT molecular complexity index is 1050. The number of Topliss-reactive ketones (excluding diaryl/α,β-unsaturated/α-hetero) is 1. The second kappa shape index (κ2) is 8.58. The first kappa shape index (κ1) is 21.2. The van der Waals surface area contributed by atoms with Gasteiger partial charge in [-0.2, -0.15) is 0 Å². The Labute approximate surface area is 183 Å². The van der Waals surface area contributed by atoms with Crippen LogP contribution in [-0.4, -0.2) is 34.3 Å². The number of hydrogen-bond donors (Lipinski definition) is 1. The molecule has 2 aromatic carbocycles. The number of aliphatic hydroxyl groups excluding tert-OH is 1. The number of benzene rings is 2. The molecule has 0 aromatic heterocycles. The van der Waals surface area contributed by atoms with Gasteiger partial charge in [-0.15, -0.1) is 0 Å². The maximum atomic E-state index is 13.2. The van der Waals surface area contributed by atoms with Gasteiger partial charge in [-0.3, -0.25) is 9.59 Å². The van der Waals surface area contributed by atoms with Crippen LogP contribution in [0.4, 0.5) is 0 Å². The molecule has 162 valence electrons. The summed E-state index contributed by atoms with van der Waals surface area (Å²) in [5, 5.41) is 11.3. The number of aliphatic hydroxyl groups is 1. The molecule has 31 heavy (non-hydrogen) atoms. The van der Waals surface area contributed by atoms with Crippen molar-refractivity contribution in [3.05, 3.63) is 70.3 Å². The summed E-state index contributed by atoms with van der Waals surface area (Å²) in [5.74, 6) is -0.512. The fourth-order valence-corrected chi connectivity index (χ4v) is 4.85. The predicted molar refractivity (Wildman–Crippen MR) is 120 cm³/mol. The minimum atomic E-state index is -0.609. The van der Waals surface area contributed by atoms with Crippen molar-refractivity contribution in [2.75, 3.05) is 6.61 Å². The van der Waals surface area contributed by atoms with Crippen molar-refractivity contribution in [3.63, 3.8) is 0 Å². The smallest absolute Gasteiger partial charge is 0.295 e. The summed E-state index contributed by atoms with van der Waals surface area (Å²) in [6.07, 6.45) is 3.87. The van der Waals surface area contributed by atoms with Gasteiger partial charge in [0.05, 0.1) is 18.2 Å². The molecule has 1 saturated heterocycles. The number of likely N-dealkylation sites (tertiary alicyclic amines) is 1. The molecule has 4 rings (SSSR count). The van der Waals surface area contributed by atoms with Gasteiger partial charge in [-0.1, -0.05) is 42.7 Å². The van der Waals surface area contributed by atoms with E-state index in [9.17, 15) is 14.7 Å². The van der Waals surface area contributed by atoms with Crippen molar-refractivity contribution >= 4 is 17.4 Å². The third-order valence-electron chi connectivity index (χ3n) is 6.30. The molecule has 0 bridgehead atoms. The molecular weight excluding hydrogens is 390 g/mol. The van der Waals surface area contributed by atoms with Gasteiger partial charge in [-0.25, -0.2) is 0 Å². The molecule has 1 N–H and O–H groups in total. The van der Waals surface area contributed by atoms with Crippen LogP contribution in [0.3, 0.4) is 0 Å². The average molecular weight is 420 g/mol. The highest BCUT2D eigenvalue weighted by atomic mass is 16.5. The zero-order valence-electron chi connectivity index (χ0n) is 18.4. The van der Waals surface area contributed by atoms with Crippen LogP contribution in [0.15, 0.2) is 48.0 Å². The molecule has 2 aliphatic rings. The van der Waals surface area contributed by atoms with E-state index in [1.807, 2.05) is 45.0 Å². The Balaban J connectivity index is 1.86. The maximum Gasteiger partial charge on any atom is 0.295 e. The highest BCUT2D eigenvalue weighted by molar-refractivity contribution is 6.46. The van der Waals surface area contributed by atoms with E-state index in [0.717, 1.165) is 48.1 Å². The monoisotopic (exact) mass is 419 g/mol. The van der Waals surface area contributed by atoms with Crippen molar-refractivity contribution in [2.45, 2.75) is 58.5 Å². The number of nitrogens with zero attached hydrogens (tertiary/aromatic N) is 1. The minimum absolute atomic E-state index is 0.0225. The van der Waals surface area contributed by atoms with Gasteiger partial charge in [-0.05, 0) is 62.9 Å². The Morgan fingerprint density at radius 1 is 1.10 bits per heavy atom. The van der Waals surface area contributed by atoms with E-state index in [1.165, 1.54) is 0 Å². The van der Waals surface area contributed by atoms with E-state index >= 15 is 0 Å². The quantitative estimate of drug-likeness (QED) is 0.418. The second-order valence-corrected chi connectivity index (χ2v) is 8.47. The van der Waals surface area contributed by atoms with Crippen LogP contribution in [0.2, 0.25) is 0 Å². The van der Waals surface area contributed by atoms with Crippen LogP contribution >= 0.6 is 0 Å². The normalized spacial score (nSPS) is 21.1. The van der Waals surface area contributed by atoms with Crippen molar-refractivity contribution in [1.29, 1.82) is 0 Å². The third kappa shape index (κ3) is 3.85. The van der Waals surface area contributed by atoms with Gasteiger partial charge in [0.1, 0.15) is 11.5 Å². The molecule has 0 spiro atoms. The van der Waals surface area contributed by atoms with Gasteiger partial charge < -0.3 is 14.7 Å². The summed E-state index contributed by atoms with van der Waals surface area (Å²) in [6.45, 7) is 6.35. The summed E-state index contributed by atoms with van der Waals surface area (Å²) in [4.78, 5) is 28.0. The van der Waals surface area contributed by atoms with Gasteiger partial charge in [0.25, 0.3) is 11.7 Å². The fourth-order valence-electron chi connectivity index (χ4n) is 4.85. The van der Waals surface area contributed by atoms with E-state index in [1.54, 1.807) is 23.1 Å². The molecule has 5 heteroatoms. The molecular formula is C26H29NO4. The van der Waals surface area contributed by atoms with Crippen LogP contribution in [0.1, 0.15) is 60.9 Å². The topological polar surface area (TPSA) is 66.8 Å². The minimum Gasteiger partial charge on any atom is -0.507 e. The molecule has 1 saturated carbocycles. The van der Waals surface area contributed by atoms with Crippen molar-refractivity contribution < 1.29 is 19.4 Å². The van der Waals surface area contributed by atoms with Crippen molar-refractivity contribution in [2.24, 2.45) is 0 Å². The SMILES string of the molecule is CCOc1ccc(/C(O)=C2/C(=O)C(=O)N(C3CCCC3)C2c2cccc(C)c2)cc1C. The lowest BCUT2D eigenvalue weighted by Gasteiger charge is -2.31. The molecule has 1 aliphatic heterocycles. The standard InChI is InChI=1S/C26H29NO4/c1-4-31-21-13-12-19(15-17(21)3)24(28)22-23(18-9-7-8-16(2)14-18)27(26(30)25(22)29)20-10-5-6-11-20/h7-9,12-15,20,23,28H,4-6,10-11H2,1-3H3/b24-22-. The number of carbonyl (C=O) groups excluding carboxylic acids is 2. The van der Waals surface area contributed by atoms with Gasteiger partial charge in [0.2, 0.25) is 0 Å². The fraction of sp³-hybridized carbons (Fsp3) is 0.385. The number of aryl methyl sites for hydroxylation is 2. The second-order valence-electron chi connectivity index (χ2n) is 8.47. The Morgan fingerprint density at radius 3 is 2.48 bits per heavy atom. The molecule has 2 aromatic rings. The van der Waals surface area contributed by atoms with E-state index in [4.69, 9.17) is 4.74 Å². The van der Waals surface area contributed by atoms with Crippen molar-refractivity contribution in [3.8, 4) is 5.75 Å². The highest BCUT2D eigenvalue weighted by Crippen LogP contribution is 2.43. The Morgan fingerprint density at radius 2 is 1.84 bits per heavy atom. The largest absolute Gasteiger partial charge is 0.507 e. The average Bonchev–Trinajstić information content (AvgIpc) is 3.36. The summed E-state index contributed by atoms with van der Waals surface area (Å²) < 4.78 is 5.60. The molecule has 2 fully saturated rings. The number of ketones is 1. The maximum absolute atomic E-state index is 13.2. The van der Waals surface area contributed by atoms with E-state index in [2.05, 4.69) is 0 Å². The highest BCUT2D eigenvalue weighted by Gasteiger charge is 2.49. The molecule has 1 aliphatic carbocycles. The summed E-state index contributed by atoms with van der Waals surface area (Å²) in [6, 6.07) is 12.6. The Kier molecular flexibility index (Phi) is 5.86. The van der Waals surface area contributed by atoms with Crippen LogP contribution < -0.4 is 4.74 Å². The van der Waals surface area contributed by atoms with Gasteiger partial charge in [0.15, 0.2) is 0 Å². The molecule has 1 unspecified atom stereocenters. The van der Waals surface area contributed by atoms with Crippen LogP contribution in [0.5, 0.6) is 5.75 Å². The van der Waals surface area contributed by atoms with Crippen LogP contribution in [-0.2, 0) is 9.59 Å². The first-order chi connectivity index (χ1) is 14.9. The molecule has 5 nitrogen and oxygen atoms in total. The lowest BCUT2D eigenvalue weighted by atomic mass is 9.93. The number of amides is 1. The lowest BCUT2D eigenvalue weighted by molar-refractivity contribution is -0.141. The van der Waals surface area contributed by atoms with Crippen LogP contribution in [0, 0.1) is 13.8 Å². The third-order valence-corrected chi connectivity index (χ3v) is 6.30. The summed E-state index contributed by atoms with van der Waals surface area (Å²) >= 11 is 0. The first-order valence-electron chi connectivity index (χ1n) is 11.0. The van der Waals surface area contributed by atoms with Crippen molar-refractivity contribution in [1.82, 2.24) is 4.90 Å². The molecule has 1 heterocycles. The van der Waals surface area contributed by atoms with Crippen LogP contribution in [0.25, 0.3) is 5.76 Å². The number of carbonyl (C=O) groups is 2. The number of hydrogen-bond acceptors (Lipinski definition) is 4.